The number of hydrogen-bond acceptors (Lipinski definition) is 6. The molecule has 150 valence electrons. The van der Waals surface area contributed by atoms with Crippen LogP contribution in [0.15, 0.2) is 36.9 Å². The van der Waals surface area contributed by atoms with Gasteiger partial charge in [0.15, 0.2) is 0 Å². The van der Waals surface area contributed by atoms with Crippen molar-refractivity contribution in [1.82, 2.24) is 4.98 Å². The van der Waals surface area contributed by atoms with E-state index in [1.54, 1.807) is 0 Å². The number of nitrogens with two attached hydrogens (primary N) is 3. The van der Waals surface area contributed by atoms with E-state index in [2.05, 4.69) is 29.7 Å². The second-order valence-corrected chi connectivity index (χ2v) is 8.76. The molecule has 29 heavy (non-hydrogen) atoms. The molecule has 0 spiro atoms. The molecule has 0 atom stereocenters. The maximum atomic E-state index is 6.42. The topological polar surface area (TPSA) is 94.2 Å². The Morgan fingerprint density at radius 3 is 2.55 bits per heavy atom. The maximum Gasteiger partial charge on any atom is 0.130 e. The van der Waals surface area contributed by atoms with Crippen molar-refractivity contribution in [2.75, 3.05) is 23.7 Å². The molecule has 1 saturated heterocycles. The summed E-state index contributed by atoms with van der Waals surface area (Å²) >= 11 is 7.48. The zero-order valence-electron chi connectivity index (χ0n) is 16.1. The van der Waals surface area contributed by atoms with Gasteiger partial charge in [0.1, 0.15) is 10.6 Å². The predicted molar refractivity (Wildman–Crippen MR) is 127 cm³/mol. The fraction of sp³-hybridized carbons (Fsp3) is 0.227. The lowest BCUT2D eigenvalue weighted by Crippen LogP contribution is -2.40. The fourth-order valence-electron chi connectivity index (χ4n) is 3.56. The number of benzene rings is 1. The first kappa shape index (κ1) is 19.8. The summed E-state index contributed by atoms with van der Waals surface area (Å²) in [4.78, 5) is 8.83. The number of thiophene rings is 1. The Morgan fingerprint density at radius 1 is 1.21 bits per heavy atom. The highest BCUT2D eigenvalue weighted by Gasteiger charge is 2.21. The summed E-state index contributed by atoms with van der Waals surface area (Å²) in [6, 6.07) is 10.1. The third-order valence-corrected chi connectivity index (χ3v) is 6.62. The van der Waals surface area contributed by atoms with Gasteiger partial charge in [-0.25, -0.2) is 4.98 Å². The molecular weight excluding hydrogens is 402 g/mol. The second kappa shape index (κ2) is 8.06. The standard InChI is InChI=1S/C22H24ClN5S/c1-13(24)21-20(26)19-15(5-2-14-3-6-16(23)7-4-14)12-18(27-22(19)29-21)28-10-8-17(25)9-11-28/h2-7,12,17H,1,8-11,24-26H2/b5-2+. The number of hydrogen-bond donors (Lipinski definition) is 3. The van der Waals surface area contributed by atoms with Crippen LogP contribution in [0.4, 0.5) is 11.5 Å². The van der Waals surface area contributed by atoms with Gasteiger partial charge < -0.3 is 22.1 Å². The molecule has 1 aromatic carbocycles. The summed E-state index contributed by atoms with van der Waals surface area (Å²) in [5.74, 6) is 0.940. The van der Waals surface area contributed by atoms with Crippen LogP contribution in [0.3, 0.4) is 0 Å². The van der Waals surface area contributed by atoms with Crippen molar-refractivity contribution in [2.24, 2.45) is 11.5 Å². The minimum absolute atomic E-state index is 0.267. The molecule has 3 aromatic rings. The number of piperidine rings is 1. The molecule has 7 heteroatoms. The highest BCUT2D eigenvalue weighted by atomic mass is 35.5. The third-order valence-electron chi connectivity index (χ3n) is 5.20. The number of aromatic nitrogens is 1. The Kier molecular flexibility index (Phi) is 5.50. The van der Waals surface area contributed by atoms with Crippen LogP contribution in [0.5, 0.6) is 0 Å². The molecule has 0 aliphatic carbocycles. The molecular formula is C22H24ClN5S. The van der Waals surface area contributed by atoms with Gasteiger partial charge in [0.05, 0.1) is 10.6 Å². The molecule has 1 aliphatic rings. The van der Waals surface area contributed by atoms with Gasteiger partial charge in [0.2, 0.25) is 0 Å². The molecule has 4 rings (SSSR count). The molecule has 1 aliphatic heterocycles. The van der Waals surface area contributed by atoms with E-state index < -0.39 is 0 Å². The Hall–Kier alpha value is -2.54. The first-order chi connectivity index (χ1) is 13.9. The van der Waals surface area contributed by atoms with Crippen LogP contribution >= 0.6 is 22.9 Å². The normalized spacial score (nSPS) is 15.4. The number of fused-ring (bicyclic) bond motifs is 1. The fourth-order valence-corrected chi connectivity index (χ4v) is 4.69. The quantitative estimate of drug-likeness (QED) is 0.569. The summed E-state index contributed by atoms with van der Waals surface area (Å²) in [7, 11) is 0. The number of halogens is 1. The van der Waals surface area contributed by atoms with E-state index in [0.29, 0.717) is 16.4 Å². The van der Waals surface area contributed by atoms with Crippen LogP contribution in [0.1, 0.15) is 28.8 Å². The highest BCUT2D eigenvalue weighted by Crippen LogP contribution is 2.39. The summed E-state index contributed by atoms with van der Waals surface area (Å²) in [6.45, 7) is 5.66. The number of nitrogens with zero attached hydrogens (tertiary/aromatic N) is 2. The average Bonchev–Trinajstić information content (AvgIpc) is 3.05. The zero-order chi connectivity index (χ0) is 20.5. The molecule has 1 fully saturated rings. The van der Waals surface area contributed by atoms with Gasteiger partial charge in [0, 0.05) is 35.2 Å². The third kappa shape index (κ3) is 4.10. The number of nitrogen functional groups attached to an aromatic ring is 1. The van der Waals surface area contributed by atoms with Crippen LogP contribution in [0.2, 0.25) is 5.02 Å². The second-order valence-electron chi connectivity index (χ2n) is 7.33. The predicted octanol–water partition coefficient (Wildman–Crippen LogP) is 4.56. The van der Waals surface area contributed by atoms with Crippen molar-refractivity contribution >= 4 is 62.5 Å². The molecule has 5 nitrogen and oxygen atoms in total. The number of rotatable bonds is 4. The van der Waals surface area contributed by atoms with Gasteiger partial charge in [-0.1, -0.05) is 42.5 Å². The van der Waals surface area contributed by atoms with Crippen molar-refractivity contribution in [2.45, 2.75) is 18.9 Å². The molecule has 0 amide bonds. The van der Waals surface area contributed by atoms with E-state index in [0.717, 1.165) is 58.0 Å². The van der Waals surface area contributed by atoms with E-state index in [9.17, 15) is 0 Å². The van der Waals surface area contributed by atoms with Crippen LogP contribution in [0, 0.1) is 0 Å². The van der Waals surface area contributed by atoms with Crippen LogP contribution < -0.4 is 22.1 Å². The molecule has 0 bridgehead atoms. The summed E-state index contributed by atoms with van der Waals surface area (Å²) in [6.07, 6.45) is 6.05. The van der Waals surface area contributed by atoms with Crippen LogP contribution in [-0.4, -0.2) is 24.1 Å². The van der Waals surface area contributed by atoms with Gasteiger partial charge in [-0.3, -0.25) is 0 Å². The van der Waals surface area contributed by atoms with E-state index in [1.807, 2.05) is 24.3 Å². The Bertz CT molecular complexity index is 1080. The molecule has 6 N–H and O–H groups in total. The minimum atomic E-state index is 0.267. The van der Waals surface area contributed by atoms with Crippen molar-refractivity contribution in [3.8, 4) is 0 Å². The molecule has 2 aromatic heterocycles. The van der Waals surface area contributed by atoms with Gasteiger partial charge in [-0.15, -0.1) is 11.3 Å². The van der Waals surface area contributed by atoms with Crippen molar-refractivity contribution in [3.05, 3.63) is 57.9 Å². The Labute approximate surface area is 179 Å². The molecule has 0 radical (unpaired) electrons. The van der Waals surface area contributed by atoms with Gasteiger partial charge in [-0.2, -0.15) is 0 Å². The Morgan fingerprint density at radius 2 is 1.90 bits per heavy atom. The van der Waals surface area contributed by atoms with Crippen molar-refractivity contribution in [3.63, 3.8) is 0 Å². The largest absolute Gasteiger partial charge is 0.398 e. The van der Waals surface area contributed by atoms with Crippen LogP contribution in [0.25, 0.3) is 28.1 Å². The molecule has 3 heterocycles. The van der Waals surface area contributed by atoms with E-state index in [1.165, 1.54) is 11.3 Å². The van der Waals surface area contributed by atoms with Gasteiger partial charge in [0.25, 0.3) is 0 Å². The first-order valence-electron chi connectivity index (χ1n) is 9.54. The molecule has 0 unspecified atom stereocenters. The molecule has 0 saturated carbocycles. The summed E-state index contributed by atoms with van der Waals surface area (Å²) in [5.41, 5.74) is 21.6. The minimum Gasteiger partial charge on any atom is -0.398 e. The Balaban J connectivity index is 1.80. The SMILES string of the molecule is C=C(N)c1sc2nc(N3CCC(N)CC3)cc(/C=C/c3ccc(Cl)cc3)c2c1N. The zero-order valence-corrected chi connectivity index (χ0v) is 17.6. The average molecular weight is 426 g/mol. The summed E-state index contributed by atoms with van der Waals surface area (Å²) in [5, 5.41) is 1.63. The van der Waals surface area contributed by atoms with Crippen molar-refractivity contribution in [1.29, 1.82) is 0 Å². The van der Waals surface area contributed by atoms with E-state index >= 15 is 0 Å². The lowest BCUT2D eigenvalue weighted by atomic mass is 10.0. The summed E-state index contributed by atoms with van der Waals surface area (Å²) < 4.78 is 0. The van der Waals surface area contributed by atoms with Gasteiger partial charge in [-0.05, 0) is 42.2 Å². The maximum absolute atomic E-state index is 6.42. The van der Waals surface area contributed by atoms with E-state index in [4.69, 9.17) is 33.8 Å². The smallest absolute Gasteiger partial charge is 0.130 e. The van der Waals surface area contributed by atoms with Crippen molar-refractivity contribution < 1.29 is 0 Å². The monoisotopic (exact) mass is 425 g/mol. The van der Waals surface area contributed by atoms with Crippen LogP contribution in [-0.2, 0) is 0 Å². The lowest BCUT2D eigenvalue weighted by Gasteiger charge is -2.31. The van der Waals surface area contributed by atoms with E-state index in [-0.39, 0.29) is 6.04 Å². The number of pyridine rings is 1. The lowest BCUT2D eigenvalue weighted by molar-refractivity contribution is 0.499. The highest BCUT2D eigenvalue weighted by molar-refractivity contribution is 7.20. The first-order valence-corrected chi connectivity index (χ1v) is 10.7. The number of anilines is 2. The van der Waals surface area contributed by atoms with Gasteiger partial charge >= 0.3 is 0 Å².